The van der Waals surface area contributed by atoms with Gasteiger partial charge in [0.05, 0.1) is 12.7 Å². The van der Waals surface area contributed by atoms with Crippen molar-refractivity contribution in [3.63, 3.8) is 0 Å². The molecule has 0 spiro atoms. The van der Waals surface area contributed by atoms with Gasteiger partial charge in [-0.3, -0.25) is 5.32 Å². The quantitative estimate of drug-likeness (QED) is 0.885. The Morgan fingerprint density at radius 1 is 1.52 bits per heavy atom. The SMILES string of the molecule is CN1CCO[C@H](CN(CC2CC2)C(=O)Nc2ccon2)C1. The Labute approximate surface area is 124 Å². The van der Waals surface area contributed by atoms with Crippen LogP contribution in [0.1, 0.15) is 12.8 Å². The Morgan fingerprint density at radius 2 is 2.38 bits per heavy atom. The van der Waals surface area contributed by atoms with Gasteiger partial charge in [0.2, 0.25) is 0 Å². The molecule has 1 aliphatic heterocycles. The van der Waals surface area contributed by atoms with Gasteiger partial charge in [0.15, 0.2) is 5.82 Å². The maximum absolute atomic E-state index is 12.4. The first-order valence-electron chi connectivity index (χ1n) is 7.47. The summed E-state index contributed by atoms with van der Waals surface area (Å²) in [5.41, 5.74) is 0. The molecule has 1 N–H and O–H groups in total. The number of aromatic nitrogens is 1. The standard InChI is InChI=1S/C14H22N4O3/c1-17-5-7-20-12(9-17)10-18(8-11-2-3-11)14(19)15-13-4-6-21-16-13/h4,6,11-12H,2-3,5,7-10H2,1H3,(H,15,16,19)/t12-/m0/s1. The van der Waals surface area contributed by atoms with E-state index >= 15 is 0 Å². The van der Waals surface area contributed by atoms with Crippen LogP contribution in [-0.4, -0.2) is 66.9 Å². The number of hydrogen-bond donors (Lipinski definition) is 1. The number of nitrogens with zero attached hydrogens (tertiary/aromatic N) is 3. The lowest BCUT2D eigenvalue weighted by Crippen LogP contribution is -2.49. The number of amides is 2. The highest BCUT2D eigenvalue weighted by atomic mass is 16.5. The predicted octanol–water partition coefficient (Wildman–Crippen LogP) is 1.25. The number of rotatable bonds is 5. The highest BCUT2D eigenvalue weighted by molar-refractivity contribution is 5.88. The van der Waals surface area contributed by atoms with Gasteiger partial charge in [-0.2, -0.15) is 0 Å². The van der Waals surface area contributed by atoms with Gasteiger partial charge in [0, 0.05) is 32.2 Å². The van der Waals surface area contributed by atoms with Crippen molar-refractivity contribution in [3.05, 3.63) is 12.3 Å². The van der Waals surface area contributed by atoms with Crippen molar-refractivity contribution in [2.24, 2.45) is 5.92 Å². The lowest BCUT2D eigenvalue weighted by Gasteiger charge is -2.33. The summed E-state index contributed by atoms with van der Waals surface area (Å²) in [7, 11) is 2.08. The second kappa shape index (κ2) is 6.44. The first-order chi connectivity index (χ1) is 10.2. The molecule has 2 heterocycles. The molecule has 1 saturated heterocycles. The first kappa shape index (κ1) is 14.3. The van der Waals surface area contributed by atoms with Crippen molar-refractivity contribution in [1.82, 2.24) is 15.0 Å². The Bertz CT molecular complexity index is 461. The number of carbonyl (C=O) groups is 1. The zero-order chi connectivity index (χ0) is 14.7. The minimum atomic E-state index is -0.132. The van der Waals surface area contributed by atoms with E-state index in [0.717, 1.165) is 26.2 Å². The molecule has 7 nitrogen and oxygen atoms in total. The molecule has 0 aromatic carbocycles. The lowest BCUT2D eigenvalue weighted by molar-refractivity contribution is -0.0302. The molecule has 116 valence electrons. The number of likely N-dealkylation sites (N-methyl/N-ethyl adjacent to an activating group) is 1. The molecular weight excluding hydrogens is 272 g/mol. The summed E-state index contributed by atoms with van der Waals surface area (Å²) < 4.78 is 10.5. The average Bonchev–Trinajstić information content (AvgIpc) is 3.13. The van der Waals surface area contributed by atoms with Gasteiger partial charge >= 0.3 is 6.03 Å². The molecule has 0 unspecified atom stereocenters. The first-order valence-corrected chi connectivity index (χ1v) is 7.47. The normalized spacial score (nSPS) is 23.0. The highest BCUT2D eigenvalue weighted by Gasteiger charge is 2.30. The van der Waals surface area contributed by atoms with Gasteiger partial charge in [-0.15, -0.1) is 0 Å². The van der Waals surface area contributed by atoms with E-state index in [4.69, 9.17) is 9.26 Å². The van der Waals surface area contributed by atoms with E-state index in [1.807, 2.05) is 4.90 Å². The van der Waals surface area contributed by atoms with Crippen molar-refractivity contribution in [2.75, 3.05) is 45.2 Å². The van der Waals surface area contributed by atoms with Crippen LogP contribution < -0.4 is 5.32 Å². The van der Waals surface area contributed by atoms with Crippen LogP contribution in [-0.2, 0) is 4.74 Å². The Hall–Kier alpha value is -1.60. The van der Waals surface area contributed by atoms with Gasteiger partial charge in [0.25, 0.3) is 0 Å². The zero-order valence-corrected chi connectivity index (χ0v) is 12.3. The molecule has 21 heavy (non-hydrogen) atoms. The number of morpholine rings is 1. The smallest absolute Gasteiger partial charge is 0.323 e. The van der Waals surface area contributed by atoms with Crippen LogP contribution in [0.3, 0.4) is 0 Å². The van der Waals surface area contributed by atoms with Crippen LogP contribution >= 0.6 is 0 Å². The van der Waals surface area contributed by atoms with Crippen LogP contribution in [0.25, 0.3) is 0 Å². The molecule has 1 aromatic rings. The largest absolute Gasteiger partial charge is 0.374 e. The summed E-state index contributed by atoms with van der Waals surface area (Å²) in [5.74, 6) is 1.08. The third-order valence-electron chi connectivity index (χ3n) is 3.90. The average molecular weight is 294 g/mol. The van der Waals surface area contributed by atoms with Gasteiger partial charge in [-0.05, 0) is 25.8 Å². The summed E-state index contributed by atoms with van der Waals surface area (Å²) in [4.78, 5) is 16.5. The topological polar surface area (TPSA) is 70.8 Å². The zero-order valence-electron chi connectivity index (χ0n) is 12.3. The van der Waals surface area contributed by atoms with E-state index in [0.29, 0.717) is 18.3 Å². The summed E-state index contributed by atoms with van der Waals surface area (Å²) >= 11 is 0. The number of anilines is 1. The highest BCUT2D eigenvalue weighted by Crippen LogP contribution is 2.30. The van der Waals surface area contributed by atoms with Crippen molar-refractivity contribution in [2.45, 2.75) is 18.9 Å². The van der Waals surface area contributed by atoms with Crippen LogP contribution in [0.5, 0.6) is 0 Å². The van der Waals surface area contributed by atoms with Crippen molar-refractivity contribution < 1.29 is 14.1 Å². The van der Waals surface area contributed by atoms with E-state index in [2.05, 4.69) is 22.4 Å². The van der Waals surface area contributed by atoms with Crippen LogP contribution in [0.2, 0.25) is 0 Å². The van der Waals surface area contributed by atoms with E-state index < -0.39 is 0 Å². The number of ether oxygens (including phenoxy) is 1. The summed E-state index contributed by atoms with van der Waals surface area (Å²) in [5, 5.41) is 6.49. The van der Waals surface area contributed by atoms with Crippen molar-refractivity contribution in [1.29, 1.82) is 0 Å². The maximum atomic E-state index is 12.4. The second-order valence-electron chi connectivity index (χ2n) is 5.92. The van der Waals surface area contributed by atoms with Crippen molar-refractivity contribution in [3.8, 4) is 0 Å². The summed E-state index contributed by atoms with van der Waals surface area (Å²) in [6, 6.07) is 1.51. The molecule has 1 aliphatic carbocycles. The molecule has 2 amide bonds. The third-order valence-corrected chi connectivity index (χ3v) is 3.90. The van der Waals surface area contributed by atoms with E-state index in [9.17, 15) is 4.79 Å². The van der Waals surface area contributed by atoms with Crippen LogP contribution in [0.15, 0.2) is 16.9 Å². The number of carbonyl (C=O) groups excluding carboxylic acids is 1. The molecule has 1 atom stereocenters. The fourth-order valence-electron chi connectivity index (χ4n) is 2.54. The van der Waals surface area contributed by atoms with Crippen LogP contribution in [0.4, 0.5) is 10.6 Å². The minimum Gasteiger partial charge on any atom is -0.374 e. The Morgan fingerprint density at radius 3 is 3.05 bits per heavy atom. The van der Waals surface area contributed by atoms with Gasteiger partial charge in [-0.25, -0.2) is 4.79 Å². The van der Waals surface area contributed by atoms with E-state index in [1.54, 1.807) is 6.07 Å². The fourth-order valence-corrected chi connectivity index (χ4v) is 2.54. The molecular formula is C14H22N4O3. The van der Waals surface area contributed by atoms with Crippen LogP contribution in [0, 0.1) is 5.92 Å². The number of nitrogens with one attached hydrogen (secondary N) is 1. The number of urea groups is 1. The molecule has 1 saturated carbocycles. The van der Waals surface area contributed by atoms with Gasteiger partial charge < -0.3 is 19.1 Å². The van der Waals surface area contributed by atoms with Crippen molar-refractivity contribution >= 4 is 11.8 Å². The second-order valence-corrected chi connectivity index (χ2v) is 5.92. The Balaban J connectivity index is 1.58. The monoisotopic (exact) mass is 294 g/mol. The predicted molar refractivity (Wildman–Crippen MR) is 77.1 cm³/mol. The Kier molecular flexibility index (Phi) is 4.40. The van der Waals surface area contributed by atoms with E-state index in [-0.39, 0.29) is 12.1 Å². The lowest BCUT2D eigenvalue weighted by atomic mass is 10.2. The fraction of sp³-hybridized carbons (Fsp3) is 0.714. The number of hydrogen-bond acceptors (Lipinski definition) is 5. The maximum Gasteiger partial charge on any atom is 0.323 e. The summed E-state index contributed by atoms with van der Waals surface area (Å²) in [6.07, 6.45) is 3.93. The molecule has 0 radical (unpaired) electrons. The van der Waals surface area contributed by atoms with E-state index in [1.165, 1.54) is 19.1 Å². The summed E-state index contributed by atoms with van der Waals surface area (Å²) in [6.45, 7) is 3.93. The third kappa shape index (κ3) is 4.18. The molecule has 2 fully saturated rings. The molecule has 1 aromatic heterocycles. The van der Waals surface area contributed by atoms with Gasteiger partial charge in [-0.1, -0.05) is 5.16 Å². The van der Waals surface area contributed by atoms with Gasteiger partial charge in [0.1, 0.15) is 6.26 Å². The molecule has 2 aliphatic rings. The minimum absolute atomic E-state index is 0.0746. The molecule has 7 heteroatoms. The molecule has 0 bridgehead atoms. The molecule has 3 rings (SSSR count).